The van der Waals surface area contributed by atoms with Crippen LogP contribution in [-0.2, 0) is 11.3 Å². The number of amides is 3. The summed E-state index contributed by atoms with van der Waals surface area (Å²) in [7, 11) is 0. The van der Waals surface area contributed by atoms with Crippen molar-refractivity contribution in [3.63, 3.8) is 0 Å². The lowest BCUT2D eigenvalue weighted by Gasteiger charge is -2.17. The lowest BCUT2D eigenvalue weighted by atomic mass is 10.1. The molecule has 0 aliphatic rings. The van der Waals surface area contributed by atoms with Crippen LogP contribution >= 0.6 is 11.8 Å². The zero-order valence-electron chi connectivity index (χ0n) is 11.8. The normalized spacial score (nSPS) is 11.7. The molecule has 1 aromatic rings. The first kappa shape index (κ1) is 16.4. The molecule has 1 atom stereocenters. The third-order valence-corrected chi connectivity index (χ3v) is 3.60. The van der Waals surface area contributed by atoms with Crippen molar-refractivity contribution in [2.75, 3.05) is 12.0 Å². The summed E-state index contributed by atoms with van der Waals surface area (Å²) in [6.07, 6.45) is 2.51. The van der Waals surface area contributed by atoms with E-state index in [1.54, 1.807) is 11.8 Å². The number of urea groups is 1. The molecule has 0 unspecified atom stereocenters. The van der Waals surface area contributed by atoms with Crippen LogP contribution in [0.25, 0.3) is 0 Å². The largest absolute Gasteiger partial charge is 0.352 e. The number of nitrogens with two attached hydrogens (primary N) is 1. The summed E-state index contributed by atoms with van der Waals surface area (Å²) in [5.41, 5.74) is 7.28. The van der Waals surface area contributed by atoms with Crippen molar-refractivity contribution in [1.29, 1.82) is 0 Å². The van der Waals surface area contributed by atoms with E-state index in [9.17, 15) is 9.59 Å². The molecule has 0 saturated heterocycles. The van der Waals surface area contributed by atoms with Crippen molar-refractivity contribution < 1.29 is 9.59 Å². The molecule has 0 spiro atoms. The maximum Gasteiger partial charge on any atom is 0.312 e. The van der Waals surface area contributed by atoms with Crippen LogP contribution in [0.3, 0.4) is 0 Å². The summed E-state index contributed by atoms with van der Waals surface area (Å²) >= 11 is 1.62. The second-order valence-corrected chi connectivity index (χ2v) is 5.47. The Labute approximate surface area is 123 Å². The molecule has 1 aromatic carbocycles. The number of hydrogen-bond donors (Lipinski definition) is 3. The van der Waals surface area contributed by atoms with Gasteiger partial charge >= 0.3 is 6.03 Å². The first-order chi connectivity index (χ1) is 9.54. The van der Waals surface area contributed by atoms with E-state index < -0.39 is 12.1 Å². The molecule has 110 valence electrons. The highest BCUT2D eigenvalue weighted by molar-refractivity contribution is 7.98. The Kier molecular flexibility index (Phi) is 6.93. The van der Waals surface area contributed by atoms with E-state index in [2.05, 4.69) is 10.6 Å². The Morgan fingerprint density at radius 3 is 2.65 bits per heavy atom. The zero-order valence-corrected chi connectivity index (χ0v) is 12.6. The van der Waals surface area contributed by atoms with Gasteiger partial charge in [0.1, 0.15) is 6.04 Å². The van der Waals surface area contributed by atoms with Crippen molar-refractivity contribution in [2.24, 2.45) is 5.73 Å². The van der Waals surface area contributed by atoms with Gasteiger partial charge in [0.05, 0.1) is 0 Å². The fourth-order valence-corrected chi connectivity index (χ4v) is 2.26. The smallest absolute Gasteiger partial charge is 0.312 e. The van der Waals surface area contributed by atoms with Crippen molar-refractivity contribution in [3.8, 4) is 0 Å². The number of benzene rings is 1. The average Bonchev–Trinajstić information content (AvgIpc) is 2.41. The van der Waals surface area contributed by atoms with Gasteiger partial charge in [-0.05, 0) is 36.5 Å². The highest BCUT2D eigenvalue weighted by Gasteiger charge is 2.18. The molecule has 0 fully saturated rings. The fraction of sp³-hybridized carbons (Fsp3) is 0.429. The lowest BCUT2D eigenvalue weighted by molar-refractivity contribution is -0.123. The van der Waals surface area contributed by atoms with E-state index in [0.717, 1.165) is 16.9 Å². The number of thioether (sulfide) groups is 1. The highest BCUT2D eigenvalue weighted by atomic mass is 32.2. The number of aryl methyl sites for hydroxylation is 1. The van der Waals surface area contributed by atoms with Gasteiger partial charge in [-0.15, -0.1) is 0 Å². The van der Waals surface area contributed by atoms with Crippen LogP contribution in [-0.4, -0.2) is 30.0 Å². The van der Waals surface area contributed by atoms with Gasteiger partial charge in [0.2, 0.25) is 5.91 Å². The maximum atomic E-state index is 12.1. The van der Waals surface area contributed by atoms with Crippen LogP contribution in [0.5, 0.6) is 0 Å². The molecule has 0 aliphatic carbocycles. The number of carbonyl (C=O) groups is 2. The summed E-state index contributed by atoms with van der Waals surface area (Å²) in [5, 5.41) is 5.31. The Morgan fingerprint density at radius 2 is 2.05 bits per heavy atom. The minimum Gasteiger partial charge on any atom is -0.352 e. The van der Waals surface area contributed by atoms with E-state index in [1.807, 2.05) is 37.4 Å². The summed E-state index contributed by atoms with van der Waals surface area (Å²) in [6.45, 7) is 2.44. The number of primary amides is 1. The number of carbonyl (C=O) groups excluding carboxylic acids is 2. The van der Waals surface area contributed by atoms with Gasteiger partial charge < -0.3 is 16.4 Å². The fourth-order valence-electron chi connectivity index (χ4n) is 1.79. The zero-order chi connectivity index (χ0) is 15.0. The number of nitrogens with one attached hydrogen (secondary N) is 2. The molecule has 6 heteroatoms. The molecule has 5 nitrogen and oxygen atoms in total. The predicted octanol–water partition coefficient (Wildman–Crippen LogP) is 1.40. The van der Waals surface area contributed by atoms with Crippen LogP contribution < -0.4 is 16.4 Å². The van der Waals surface area contributed by atoms with E-state index in [-0.39, 0.29) is 5.91 Å². The summed E-state index contributed by atoms with van der Waals surface area (Å²) in [4.78, 5) is 23.0. The van der Waals surface area contributed by atoms with Gasteiger partial charge in [0.25, 0.3) is 0 Å². The average molecular weight is 295 g/mol. The van der Waals surface area contributed by atoms with Crippen LogP contribution in [0.4, 0.5) is 4.79 Å². The first-order valence-electron chi connectivity index (χ1n) is 6.41. The summed E-state index contributed by atoms with van der Waals surface area (Å²) in [6, 6.07) is 6.59. The van der Waals surface area contributed by atoms with Gasteiger partial charge in [-0.3, -0.25) is 4.79 Å². The molecule has 20 heavy (non-hydrogen) atoms. The second-order valence-electron chi connectivity index (χ2n) is 4.49. The molecular weight excluding hydrogens is 274 g/mol. The van der Waals surface area contributed by atoms with E-state index in [0.29, 0.717) is 13.0 Å². The Bertz CT molecular complexity index is 465. The van der Waals surface area contributed by atoms with Gasteiger partial charge in [-0.1, -0.05) is 24.3 Å². The second kappa shape index (κ2) is 8.47. The standard InChI is InChI=1S/C14H21N3O2S/c1-10-5-3-4-6-11(10)9-16-13(18)12(7-8-20-2)17-14(15)19/h3-6,12H,7-9H2,1-2H3,(H,16,18)(H3,15,17,19)/t12-/m0/s1. The van der Waals surface area contributed by atoms with Crippen molar-refractivity contribution in [1.82, 2.24) is 10.6 Å². The van der Waals surface area contributed by atoms with Crippen molar-refractivity contribution in [2.45, 2.75) is 25.9 Å². The Hall–Kier alpha value is -1.69. The van der Waals surface area contributed by atoms with Crippen molar-refractivity contribution >= 4 is 23.7 Å². The number of rotatable bonds is 7. The van der Waals surface area contributed by atoms with Crippen molar-refractivity contribution in [3.05, 3.63) is 35.4 Å². The van der Waals surface area contributed by atoms with E-state index in [1.165, 1.54) is 0 Å². The quantitative estimate of drug-likeness (QED) is 0.711. The van der Waals surface area contributed by atoms with Crippen LogP contribution in [0.15, 0.2) is 24.3 Å². The Morgan fingerprint density at radius 1 is 1.35 bits per heavy atom. The first-order valence-corrected chi connectivity index (χ1v) is 7.81. The minimum atomic E-state index is -0.679. The van der Waals surface area contributed by atoms with E-state index >= 15 is 0 Å². The molecule has 0 radical (unpaired) electrons. The molecule has 0 aliphatic heterocycles. The molecule has 0 bridgehead atoms. The highest BCUT2D eigenvalue weighted by Crippen LogP contribution is 2.07. The molecular formula is C14H21N3O2S. The third kappa shape index (κ3) is 5.52. The third-order valence-electron chi connectivity index (χ3n) is 2.96. The molecule has 0 saturated carbocycles. The molecule has 1 rings (SSSR count). The minimum absolute atomic E-state index is 0.207. The monoisotopic (exact) mass is 295 g/mol. The van der Waals surface area contributed by atoms with Gasteiger partial charge in [-0.25, -0.2) is 4.79 Å². The molecule has 4 N–H and O–H groups in total. The Balaban J connectivity index is 2.57. The van der Waals surface area contributed by atoms with Crippen LogP contribution in [0.2, 0.25) is 0 Å². The predicted molar refractivity (Wildman–Crippen MR) is 82.5 cm³/mol. The SMILES string of the molecule is CSCC[C@H](NC(N)=O)C(=O)NCc1ccccc1C. The van der Waals surface area contributed by atoms with Crippen LogP contribution in [0.1, 0.15) is 17.5 Å². The molecule has 0 heterocycles. The summed E-state index contributed by atoms with van der Waals surface area (Å²) in [5.74, 6) is 0.573. The lowest BCUT2D eigenvalue weighted by Crippen LogP contribution is -2.48. The number of hydrogen-bond acceptors (Lipinski definition) is 3. The molecule has 0 aromatic heterocycles. The van der Waals surface area contributed by atoms with Crippen LogP contribution in [0, 0.1) is 6.92 Å². The van der Waals surface area contributed by atoms with Gasteiger partial charge in [0.15, 0.2) is 0 Å². The van der Waals surface area contributed by atoms with Gasteiger partial charge in [0, 0.05) is 6.54 Å². The van der Waals surface area contributed by atoms with E-state index in [4.69, 9.17) is 5.73 Å². The van der Waals surface area contributed by atoms with Gasteiger partial charge in [-0.2, -0.15) is 11.8 Å². The molecule has 3 amide bonds. The summed E-state index contributed by atoms with van der Waals surface area (Å²) < 4.78 is 0. The maximum absolute atomic E-state index is 12.1. The topological polar surface area (TPSA) is 84.2 Å².